The van der Waals surface area contributed by atoms with Crippen LogP contribution in [-0.2, 0) is 4.79 Å². The number of halogens is 1. The van der Waals surface area contributed by atoms with Gasteiger partial charge in [0.15, 0.2) is 6.61 Å². The third-order valence-electron chi connectivity index (χ3n) is 2.53. The Balaban J connectivity index is 1.80. The molecule has 0 aliphatic rings. The second-order valence-corrected chi connectivity index (χ2v) is 4.05. The van der Waals surface area contributed by atoms with Crippen LogP contribution in [0.3, 0.4) is 0 Å². The van der Waals surface area contributed by atoms with Crippen LogP contribution in [0.2, 0.25) is 0 Å². The molecule has 0 fully saturated rings. The predicted molar refractivity (Wildman–Crippen MR) is 67.2 cm³/mol. The van der Waals surface area contributed by atoms with Gasteiger partial charge in [-0.15, -0.1) is 0 Å². The first-order chi connectivity index (χ1) is 9.15. The molecule has 0 saturated carbocycles. The molecule has 1 aromatic carbocycles. The van der Waals surface area contributed by atoms with Gasteiger partial charge in [0, 0.05) is 0 Å². The molecule has 1 unspecified atom stereocenters. The molecule has 0 spiro atoms. The van der Waals surface area contributed by atoms with E-state index >= 15 is 0 Å². The van der Waals surface area contributed by atoms with Gasteiger partial charge < -0.3 is 14.5 Å². The molecular formula is C14H14FNO3. The van der Waals surface area contributed by atoms with Crippen molar-refractivity contribution >= 4 is 5.91 Å². The number of ether oxygens (including phenoxy) is 1. The van der Waals surface area contributed by atoms with Crippen molar-refractivity contribution in [2.24, 2.45) is 0 Å². The average molecular weight is 263 g/mol. The molecule has 0 aliphatic heterocycles. The quantitative estimate of drug-likeness (QED) is 0.902. The van der Waals surface area contributed by atoms with Gasteiger partial charge in [0.05, 0.1) is 12.3 Å². The third kappa shape index (κ3) is 3.84. The van der Waals surface area contributed by atoms with Gasteiger partial charge in [-0.25, -0.2) is 4.39 Å². The van der Waals surface area contributed by atoms with Crippen LogP contribution in [0.4, 0.5) is 4.39 Å². The Morgan fingerprint density at radius 1 is 1.37 bits per heavy atom. The summed E-state index contributed by atoms with van der Waals surface area (Å²) >= 11 is 0. The summed E-state index contributed by atoms with van der Waals surface area (Å²) in [5.74, 6) is 0.508. The van der Waals surface area contributed by atoms with Crippen LogP contribution in [0.25, 0.3) is 0 Å². The van der Waals surface area contributed by atoms with Crippen LogP contribution < -0.4 is 10.1 Å². The van der Waals surface area contributed by atoms with E-state index in [1.807, 2.05) is 6.92 Å². The molecule has 100 valence electrons. The van der Waals surface area contributed by atoms with Gasteiger partial charge in [-0.3, -0.25) is 4.79 Å². The van der Waals surface area contributed by atoms with Crippen LogP contribution >= 0.6 is 0 Å². The second kappa shape index (κ2) is 6.04. The summed E-state index contributed by atoms with van der Waals surface area (Å²) in [7, 11) is 0. The Hall–Kier alpha value is -2.30. The molecule has 0 saturated heterocycles. The third-order valence-corrected chi connectivity index (χ3v) is 2.53. The van der Waals surface area contributed by atoms with E-state index in [9.17, 15) is 9.18 Å². The minimum absolute atomic E-state index is 0.128. The first-order valence-corrected chi connectivity index (χ1v) is 5.86. The van der Waals surface area contributed by atoms with Gasteiger partial charge in [0.1, 0.15) is 17.3 Å². The maximum Gasteiger partial charge on any atom is 0.258 e. The number of amides is 1. The van der Waals surface area contributed by atoms with Crippen molar-refractivity contribution in [1.29, 1.82) is 0 Å². The Labute approximate surface area is 110 Å². The zero-order chi connectivity index (χ0) is 13.7. The predicted octanol–water partition coefficient (Wildman–Crippen LogP) is 2.67. The molecule has 1 aromatic heterocycles. The second-order valence-electron chi connectivity index (χ2n) is 4.05. The number of hydrogen-bond donors (Lipinski definition) is 1. The Morgan fingerprint density at radius 2 is 2.11 bits per heavy atom. The zero-order valence-electron chi connectivity index (χ0n) is 10.4. The summed E-state index contributed by atoms with van der Waals surface area (Å²) in [5, 5.41) is 2.73. The van der Waals surface area contributed by atoms with Crippen LogP contribution in [0.15, 0.2) is 47.1 Å². The fourth-order valence-corrected chi connectivity index (χ4v) is 1.57. The lowest BCUT2D eigenvalue weighted by Crippen LogP contribution is -2.31. The Bertz CT molecular complexity index is 522. The van der Waals surface area contributed by atoms with E-state index in [4.69, 9.17) is 9.15 Å². The van der Waals surface area contributed by atoms with Crippen LogP contribution in [0.5, 0.6) is 5.75 Å². The lowest BCUT2D eigenvalue weighted by atomic mass is 10.2. The normalized spacial score (nSPS) is 11.9. The monoisotopic (exact) mass is 263 g/mol. The van der Waals surface area contributed by atoms with E-state index in [1.54, 1.807) is 18.4 Å². The standard InChI is InChI=1S/C14H14FNO3/c1-10(13-3-2-8-18-13)16-14(17)9-19-12-6-4-11(15)5-7-12/h2-8,10H,9H2,1H3,(H,16,17). The van der Waals surface area contributed by atoms with E-state index in [0.717, 1.165) is 0 Å². The smallest absolute Gasteiger partial charge is 0.258 e. The Morgan fingerprint density at radius 3 is 2.74 bits per heavy atom. The minimum Gasteiger partial charge on any atom is -0.484 e. The summed E-state index contributed by atoms with van der Waals surface area (Å²) in [6.07, 6.45) is 1.55. The van der Waals surface area contributed by atoms with E-state index in [-0.39, 0.29) is 24.4 Å². The molecule has 0 radical (unpaired) electrons. The minimum atomic E-state index is -0.344. The maximum atomic E-state index is 12.7. The highest BCUT2D eigenvalue weighted by molar-refractivity contribution is 5.77. The highest BCUT2D eigenvalue weighted by atomic mass is 19.1. The van der Waals surface area contributed by atoms with Crippen molar-refractivity contribution in [3.63, 3.8) is 0 Å². The number of carbonyl (C=O) groups is 1. The molecular weight excluding hydrogens is 249 g/mol. The first-order valence-electron chi connectivity index (χ1n) is 5.86. The van der Waals surface area contributed by atoms with Crippen LogP contribution in [0.1, 0.15) is 18.7 Å². The molecule has 19 heavy (non-hydrogen) atoms. The highest BCUT2D eigenvalue weighted by Crippen LogP contribution is 2.13. The van der Waals surface area contributed by atoms with E-state index in [2.05, 4.69) is 5.32 Å². The topological polar surface area (TPSA) is 51.5 Å². The van der Waals surface area contributed by atoms with E-state index in [1.165, 1.54) is 24.3 Å². The number of nitrogens with one attached hydrogen (secondary N) is 1. The van der Waals surface area contributed by atoms with Crippen LogP contribution in [-0.4, -0.2) is 12.5 Å². The number of benzene rings is 1. The van der Waals surface area contributed by atoms with Gasteiger partial charge in [0.2, 0.25) is 0 Å². The number of rotatable bonds is 5. The molecule has 0 aliphatic carbocycles. The van der Waals surface area contributed by atoms with Crippen molar-refractivity contribution in [2.75, 3.05) is 6.61 Å². The van der Waals surface area contributed by atoms with Gasteiger partial charge in [-0.1, -0.05) is 0 Å². The maximum absolute atomic E-state index is 12.7. The summed E-state index contributed by atoms with van der Waals surface area (Å²) in [4.78, 5) is 11.6. The summed E-state index contributed by atoms with van der Waals surface area (Å²) in [6.45, 7) is 1.69. The fraction of sp³-hybridized carbons (Fsp3) is 0.214. The number of furan rings is 1. The highest BCUT2D eigenvalue weighted by Gasteiger charge is 2.12. The van der Waals surface area contributed by atoms with Gasteiger partial charge in [0.25, 0.3) is 5.91 Å². The fourth-order valence-electron chi connectivity index (χ4n) is 1.57. The summed E-state index contributed by atoms with van der Waals surface area (Å²) in [6, 6.07) is 8.81. The molecule has 1 amide bonds. The van der Waals surface area contributed by atoms with Crippen LogP contribution in [0, 0.1) is 5.82 Å². The SMILES string of the molecule is CC(NC(=O)COc1ccc(F)cc1)c1ccco1. The summed E-state index contributed by atoms with van der Waals surface area (Å²) in [5.41, 5.74) is 0. The molecule has 1 N–H and O–H groups in total. The number of hydrogen-bond acceptors (Lipinski definition) is 3. The molecule has 4 nitrogen and oxygen atoms in total. The largest absolute Gasteiger partial charge is 0.484 e. The zero-order valence-corrected chi connectivity index (χ0v) is 10.4. The lowest BCUT2D eigenvalue weighted by Gasteiger charge is -2.12. The van der Waals surface area contributed by atoms with Crippen molar-refractivity contribution < 1.29 is 18.3 Å². The number of carbonyl (C=O) groups excluding carboxylic acids is 1. The van der Waals surface area contributed by atoms with E-state index in [0.29, 0.717) is 11.5 Å². The van der Waals surface area contributed by atoms with Gasteiger partial charge >= 0.3 is 0 Å². The molecule has 0 bridgehead atoms. The molecule has 2 rings (SSSR count). The van der Waals surface area contributed by atoms with Gasteiger partial charge in [-0.2, -0.15) is 0 Å². The average Bonchev–Trinajstić information content (AvgIpc) is 2.92. The lowest BCUT2D eigenvalue weighted by molar-refractivity contribution is -0.123. The molecule has 5 heteroatoms. The Kier molecular flexibility index (Phi) is 4.18. The summed E-state index contributed by atoms with van der Waals surface area (Å²) < 4.78 is 23.1. The van der Waals surface area contributed by atoms with Crippen molar-refractivity contribution in [1.82, 2.24) is 5.32 Å². The molecule has 2 aromatic rings. The van der Waals surface area contributed by atoms with Gasteiger partial charge in [-0.05, 0) is 43.3 Å². The van der Waals surface area contributed by atoms with Crippen molar-refractivity contribution in [3.8, 4) is 5.75 Å². The van der Waals surface area contributed by atoms with Crippen molar-refractivity contribution in [2.45, 2.75) is 13.0 Å². The molecule has 1 atom stereocenters. The van der Waals surface area contributed by atoms with E-state index < -0.39 is 0 Å². The first kappa shape index (κ1) is 13.1. The van der Waals surface area contributed by atoms with Crippen molar-refractivity contribution in [3.05, 3.63) is 54.2 Å². The molecule has 1 heterocycles.